The van der Waals surface area contributed by atoms with E-state index in [2.05, 4.69) is 30.4 Å². The number of benzene rings is 2. The highest BCUT2D eigenvalue weighted by molar-refractivity contribution is 7.10. The number of carbonyl (C=O) groups excluding carboxylic acids is 2. The van der Waals surface area contributed by atoms with Crippen LogP contribution in [0.15, 0.2) is 66.0 Å². The topological polar surface area (TPSA) is 49.4 Å². The lowest BCUT2D eigenvalue weighted by Gasteiger charge is -2.39. The van der Waals surface area contributed by atoms with Crippen molar-refractivity contribution in [3.05, 3.63) is 93.2 Å². The van der Waals surface area contributed by atoms with Gasteiger partial charge in [-0.1, -0.05) is 54.1 Å². The van der Waals surface area contributed by atoms with Gasteiger partial charge in [0.1, 0.15) is 0 Å². The molecule has 4 rings (SSSR count). The van der Waals surface area contributed by atoms with E-state index in [-0.39, 0.29) is 17.9 Å². The van der Waals surface area contributed by atoms with Crippen molar-refractivity contribution in [3.63, 3.8) is 0 Å². The van der Waals surface area contributed by atoms with Gasteiger partial charge in [-0.2, -0.15) is 0 Å². The molecular formula is C24H24N2O2S. The lowest BCUT2D eigenvalue weighted by atomic mass is 9.81. The van der Waals surface area contributed by atoms with Crippen LogP contribution in [0.5, 0.6) is 0 Å². The molecule has 5 heteroatoms. The van der Waals surface area contributed by atoms with Crippen LogP contribution in [0.1, 0.15) is 43.9 Å². The molecule has 148 valence electrons. The zero-order chi connectivity index (χ0) is 20.4. The molecule has 0 unspecified atom stereocenters. The fourth-order valence-corrected chi connectivity index (χ4v) is 4.98. The van der Waals surface area contributed by atoms with Crippen molar-refractivity contribution in [1.82, 2.24) is 10.2 Å². The summed E-state index contributed by atoms with van der Waals surface area (Å²) in [6.07, 6.45) is 0.778. The number of nitrogens with zero attached hydrogens (tertiary/aromatic N) is 1. The number of amides is 2. The smallest absolute Gasteiger partial charge is 0.254 e. The van der Waals surface area contributed by atoms with Crippen LogP contribution in [0.25, 0.3) is 0 Å². The van der Waals surface area contributed by atoms with Gasteiger partial charge in [-0.25, -0.2) is 0 Å². The second-order valence-corrected chi connectivity index (χ2v) is 8.45. The van der Waals surface area contributed by atoms with Crippen molar-refractivity contribution in [1.29, 1.82) is 0 Å². The standard InChI is InChI=1S/C24H24N2O2S/c1-16-7-5-8-17(15-16)12-13-25-23(27)21-18-9-3-4-10-19(18)24(28)26(2)22(21)20-11-6-14-29-20/h3-11,14-15,21-22H,12-13H2,1-2H3,(H,25,27)/t21-,22-/m1/s1. The average Bonchev–Trinajstić information content (AvgIpc) is 3.25. The molecule has 1 aliphatic rings. The second kappa shape index (κ2) is 8.21. The lowest BCUT2D eigenvalue weighted by molar-refractivity contribution is -0.124. The van der Waals surface area contributed by atoms with Gasteiger partial charge in [0.15, 0.2) is 0 Å². The molecule has 3 aromatic rings. The summed E-state index contributed by atoms with van der Waals surface area (Å²) >= 11 is 1.58. The van der Waals surface area contributed by atoms with Crippen molar-refractivity contribution in [2.75, 3.05) is 13.6 Å². The quantitative estimate of drug-likeness (QED) is 0.688. The van der Waals surface area contributed by atoms with Gasteiger partial charge < -0.3 is 10.2 Å². The molecule has 1 aromatic heterocycles. The Morgan fingerprint density at radius 3 is 2.69 bits per heavy atom. The maximum atomic E-state index is 13.3. The van der Waals surface area contributed by atoms with E-state index < -0.39 is 5.92 Å². The molecule has 2 atom stereocenters. The molecule has 0 bridgehead atoms. The van der Waals surface area contributed by atoms with Crippen molar-refractivity contribution < 1.29 is 9.59 Å². The van der Waals surface area contributed by atoms with Gasteiger partial charge >= 0.3 is 0 Å². The summed E-state index contributed by atoms with van der Waals surface area (Å²) in [7, 11) is 1.79. The van der Waals surface area contributed by atoms with Crippen LogP contribution >= 0.6 is 11.3 Å². The first-order valence-electron chi connectivity index (χ1n) is 9.79. The fourth-order valence-electron chi connectivity index (χ4n) is 4.08. The molecule has 0 fully saturated rings. The highest BCUT2D eigenvalue weighted by Gasteiger charge is 2.42. The highest BCUT2D eigenvalue weighted by Crippen LogP contribution is 2.43. The SMILES string of the molecule is Cc1cccc(CCNC(=O)[C@@H]2c3ccccc3C(=O)N(C)[C@@H]2c2cccs2)c1. The number of carbonyl (C=O) groups is 2. The summed E-state index contributed by atoms with van der Waals surface area (Å²) in [4.78, 5) is 29.0. The van der Waals surface area contributed by atoms with Gasteiger partial charge in [-0.05, 0) is 42.0 Å². The Labute approximate surface area is 175 Å². The molecule has 0 aliphatic carbocycles. The minimum Gasteiger partial charge on any atom is -0.355 e. The third-order valence-corrected chi connectivity index (χ3v) is 6.44. The van der Waals surface area contributed by atoms with Crippen LogP contribution in [-0.2, 0) is 11.2 Å². The van der Waals surface area contributed by atoms with Crippen LogP contribution in [0.3, 0.4) is 0 Å². The number of rotatable bonds is 5. The maximum Gasteiger partial charge on any atom is 0.254 e. The van der Waals surface area contributed by atoms with E-state index in [0.29, 0.717) is 12.1 Å². The summed E-state index contributed by atoms with van der Waals surface area (Å²) in [5, 5.41) is 5.10. The third kappa shape index (κ3) is 3.83. The molecule has 2 heterocycles. The van der Waals surface area contributed by atoms with E-state index in [4.69, 9.17) is 0 Å². The van der Waals surface area contributed by atoms with Crippen LogP contribution in [0, 0.1) is 6.92 Å². The van der Waals surface area contributed by atoms with E-state index in [0.717, 1.165) is 16.9 Å². The largest absolute Gasteiger partial charge is 0.355 e. The molecule has 2 aromatic carbocycles. The zero-order valence-electron chi connectivity index (χ0n) is 16.6. The van der Waals surface area contributed by atoms with E-state index >= 15 is 0 Å². The predicted molar refractivity (Wildman–Crippen MR) is 116 cm³/mol. The monoisotopic (exact) mass is 404 g/mol. The van der Waals surface area contributed by atoms with Crippen LogP contribution < -0.4 is 5.32 Å². The molecule has 0 radical (unpaired) electrons. The molecule has 4 nitrogen and oxygen atoms in total. The summed E-state index contributed by atoms with van der Waals surface area (Å²) in [5.74, 6) is -0.504. The fraction of sp³-hybridized carbons (Fsp3) is 0.250. The van der Waals surface area contributed by atoms with Gasteiger partial charge in [-0.3, -0.25) is 9.59 Å². The van der Waals surface area contributed by atoms with Gasteiger partial charge in [0.05, 0.1) is 12.0 Å². The van der Waals surface area contributed by atoms with Crippen molar-refractivity contribution in [2.45, 2.75) is 25.3 Å². The Balaban J connectivity index is 1.60. The molecule has 1 aliphatic heterocycles. The predicted octanol–water partition coefficient (Wildman–Crippen LogP) is 4.33. The number of hydrogen-bond donors (Lipinski definition) is 1. The third-order valence-electron chi connectivity index (χ3n) is 5.49. The Kier molecular flexibility index (Phi) is 5.49. The summed E-state index contributed by atoms with van der Waals surface area (Å²) in [5.41, 5.74) is 3.84. The van der Waals surface area contributed by atoms with Crippen molar-refractivity contribution in [2.24, 2.45) is 0 Å². The second-order valence-electron chi connectivity index (χ2n) is 7.47. The minimum atomic E-state index is -0.426. The van der Waals surface area contributed by atoms with E-state index in [1.165, 1.54) is 11.1 Å². The molecule has 2 amide bonds. The molecule has 1 N–H and O–H groups in total. The van der Waals surface area contributed by atoms with Crippen LogP contribution in [0.2, 0.25) is 0 Å². The van der Waals surface area contributed by atoms with Gasteiger partial charge in [0.25, 0.3) is 5.91 Å². The normalized spacial score (nSPS) is 18.4. The number of nitrogens with one attached hydrogen (secondary N) is 1. The van der Waals surface area contributed by atoms with Crippen molar-refractivity contribution >= 4 is 23.2 Å². The van der Waals surface area contributed by atoms with Gasteiger partial charge in [-0.15, -0.1) is 11.3 Å². The van der Waals surface area contributed by atoms with E-state index in [9.17, 15) is 9.59 Å². The van der Waals surface area contributed by atoms with E-state index in [1.54, 1.807) is 23.3 Å². The Hall–Kier alpha value is -2.92. The summed E-state index contributed by atoms with van der Waals surface area (Å²) in [6, 6.07) is 19.5. The summed E-state index contributed by atoms with van der Waals surface area (Å²) in [6.45, 7) is 2.63. The molecule has 29 heavy (non-hydrogen) atoms. The molecule has 0 spiro atoms. The number of fused-ring (bicyclic) bond motifs is 1. The van der Waals surface area contributed by atoms with Gasteiger partial charge in [0.2, 0.25) is 5.91 Å². The molecular weight excluding hydrogens is 380 g/mol. The Morgan fingerprint density at radius 1 is 1.10 bits per heavy atom. The number of aryl methyl sites for hydroxylation is 1. The zero-order valence-corrected chi connectivity index (χ0v) is 17.4. The van der Waals surface area contributed by atoms with Crippen molar-refractivity contribution in [3.8, 4) is 0 Å². The van der Waals surface area contributed by atoms with Crippen LogP contribution in [0.4, 0.5) is 0 Å². The molecule has 0 saturated heterocycles. The molecule has 0 saturated carbocycles. The number of likely N-dealkylation sites (N-methyl/N-ethyl adjacent to an activating group) is 1. The van der Waals surface area contributed by atoms with Crippen LogP contribution in [-0.4, -0.2) is 30.3 Å². The number of hydrogen-bond acceptors (Lipinski definition) is 3. The lowest BCUT2D eigenvalue weighted by Crippen LogP contribution is -2.45. The van der Waals surface area contributed by atoms with Gasteiger partial charge in [0, 0.05) is 24.0 Å². The highest BCUT2D eigenvalue weighted by atomic mass is 32.1. The first kappa shape index (κ1) is 19.4. The maximum absolute atomic E-state index is 13.3. The Morgan fingerprint density at radius 2 is 1.93 bits per heavy atom. The Bertz CT molecular complexity index is 1030. The average molecular weight is 405 g/mol. The summed E-state index contributed by atoms with van der Waals surface area (Å²) < 4.78 is 0. The number of thiophene rings is 1. The minimum absolute atomic E-state index is 0.0390. The first-order chi connectivity index (χ1) is 14.1. The van der Waals surface area contributed by atoms with E-state index in [1.807, 2.05) is 47.8 Å². The first-order valence-corrected chi connectivity index (χ1v) is 10.7.